The predicted molar refractivity (Wildman–Crippen MR) is 224 cm³/mol. The fourth-order valence-electron chi connectivity index (χ4n) is 6.68. The van der Waals surface area contributed by atoms with Crippen LogP contribution in [-0.4, -0.2) is 88.5 Å². The molecule has 0 N–H and O–H groups in total. The number of carbonyl (C=O) groups excluding carboxylic acids is 2. The minimum absolute atomic E-state index is 0.171. The van der Waals surface area contributed by atoms with Crippen molar-refractivity contribution >= 4 is 11.9 Å². The Morgan fingerprint density at radius 3 is 0.923 bits per heavy atom. The first kappa shape index (κ1) is 50.3. The molecule has 0 radical (unpaired) electrons. The maximum atomic E-state index is 13.1. The van der Waals surface area contributed by atoms with E-state index in [-0.39, 0.29) is 11.9 Å². The van der Waals surface area contributed by atoms with Gasteiger partial charge in [-0.05, 0) is 64.2 Å². The molecule has 0 rings (SSSR count). The molecule has 0 aliphatic carbocycles. The highest BCUT2D eigenvalue weighted by molar-refractivity contribution is 5.70. The first-order valence-corrected chi connectivity index (χ1v) is 22.2. The van der Waals surface area contributed by atoms with Gasteiger partial charge in [0, 0.05) is 12.8 Å². The van der Waals surface area contributed by atoms with Gasteiger partial charge in [-0.1, -0.05) is 141 Å². The summed E-state index contributed by atoms with van der Waals surface area (Å²) in [5.74, 6) is -0.341. The molecule has 0 aromatic carbocycles. The Morgan fingerprint density at radius 2 is 0.654 bits per heavy atom. The highest BCUT2D eigenvalue weighted by Gasteiger charge is 2.37. The third kappa shape index (κ3) is 36.7. The van der Waals surface area contributed by atoms with Crippen molar-refractivity contribution in [1.29, 1.82) is 0 Å². The molecular formula is C46H90N2O4+2. The number of unbranched alkanes of at least 4 members (excludes halogenated alkanes) is 22. The highest BCUT2D eigenvalue weighted by atomic mass is 16.6. The van der Waals surface area contributed by atoms with Crippen LogP contribution in [0, 0.1) is 0 Å². The van der Waals surface area contributed by atoms with Crippen LogP contribution in [0.2, 0.25) is 0 Å². The molecule has 0 aliphatic rings. The molecule has 306 valence electrons. The summed E-state index contributed by atoms with van der Waals surface area (Å²) in [6.45, 7) is 5.74. The quantitative estimate of drug-likeness (QED) is 0.0276. The second kappa shape index (κ2) is 33.9. The SMILES string of the molecule is CCCCCCCC/C=C\CCCCCCCC(=O)OC(C[N+](C)(C)C)C(C[N+](C)(C)C)OC(=O)CCCCCCC/C=C\CCCCCCCC. The van der Waals surface area contributed by atoms with E-state index in [4.69, 9.17) is 9.47 Å². The van der Waals surface area contributed by atoms with Crippen LogP contribution in [-0.2, 0) is 19.1 Å². The number of hydrogen-bond acceptors (Lipinski definition) is 4. The number of ether oxygens (including phenoxy) is 2. The van der Waals surface area contributed by atoms with Gasteiger partial charge in [0.2, 0.25) is 0 Å². The summed E-state index contributed by atoms with van der Waals surface area (Å²) in [6.07, 6.45) is 41.4. The van der Waals surface area contributed by atoms with Gasteiger partial charge in [-0.3, -0.25) is 9.59 Å². The summed E-state index contributed by atoms with van der Waals surface area (Å²) in [5, 5.41) is 0. The van der Waals surface area contributed by atoms with Crippen LogP contribution in [0.4, 0.5) is 0 Å². The summed E-state index contributed by atoms with van der Waals surface area (Å²) in [6, 6.07) is 0. The minimum Gasteiger partial charge on any atom is -0.452 e. The number of esters is 2. The second-order valence-electron chi connectivity index (χ2n) is 17.7. The molecule has 0 aromatic heterocycles. The smallest absolute Gasteiger partial charge is 0.306 e. The molecule has 0 heterocycles. The van der Waals surface area contributed by atoms with Crippen molar-refractivity contribution in [1.82, 2.24) is 0 Å². The van der Waals surface area contributed by atoms with Gasteiger partial charge in [-0.2, -0.15) is 0 Å². The van der Waals surface area contributed by atoms with Crippen LogP contribution in [0.25, 0.3) is 0 Å². The van der Waals surface area contributed by atoms with Crippen molar-refractivity contribution in [2.75, 3.05) is 55.4 Å². The van der Waals surface area contributed by atoms with E-state index in [0.29, 0.717) is 34.9 Å². The van der Waals surface area contributed by atoms with Crippen LogP contribution in [0.5, 0.6) is 0 Å². The number of rotatable bonds is 37. The second-order valence-corrected chi connectivity index (χ2v) is 17.7. The largest absolute Gasteiger partial charge is 0.452 e. The average Bonchev–Trinajstić information content (AvgIpc) is 3.06. The van der Waals surface area contributed by atoms with E-state index in [0.717, 1.165) is 51.4 Å². The zero-order valence-electron chi connectivity index (χ0n) is 36.2. The first-order chi connectivity index (χ1) is 24.9. The first-order valence-electron chi connectivity index (χ1n) is 22.2. The van der Waals surface area contributed by atoms with E-state index >= 15 is 0 Å². The van der Waals surface area contributed by atoms with Crippen molar-refractivity contribution in [3.63, 3.8) is 0 Å². The number of nitrogens with zero attached hydrogens (tertiary/aromatic N) is 2. The average molecular weight is 735 g/mol. The van der Waals surface area contributed by atoms with Gasteiger partial charge in [0.05, 0.1) is 42.3 Å². The fourth-order valence-corrected chi connectivity index (χ4v) is 6.68. The van der Waals surface area contributed by atoms with Crippen molar-refractivity contribution in [3.8, 4) is 0 Å². The topological polar surface area (TPSA) is 52.6 Å². The summed E-state index contributed by atoms with van der Waals surface area (Å²) < 4.78 is 13.5. The van der Waals surface area contributed by atoms with Gasteiger partial charge in [-0.25, -0.2) is 0 Å². The third-order valence-electron chi connectivity index (χ3n) is 9.72. The Labute approximate surface area is 324 Å². The molecule has 0 spiro atoms. The van der Waals surface area contributed by atoms with Crippen LogP contribution in [0.3, 0.4) is 0 Å². The minimum atomic E-state index is -0.467. The molecule has 0 saturated carbocycles. The molecule has 0 aliphatic heterocycles. The number of likely N-dealkylation sites (N-methyl/N-ethyl adjacent to an activating group) is 2. The van der Waals surface area contributed by atoms with E-state index in [1.54, 1.807) is 0 Å². The van der Waals surface area contributed by atoms with Crippen molar-refractivity contribution in [3.05, 3.63) is 24.3 Å². The van der Waals surface area contributed by atoms with Gasteiger partial charge in [0.1, 0.15) is 13.1 Å². The Morgan fingerprint density at radius 1 is 0.404 bits per heavy atom. The Bertz CT molecular complexity index is 814. The van der Waals surface area contributed by atoms with Crippen LogP contribution in [0.15, 0.2) is 24.3 Å². The molecule has 6 heteroatoms. The van der Waals surface area contributed by atoms with Gasteiger partial charge >= 0.3 is 11.9 Å². The van der Waals surface area contributed by atoms with Crippen LogP contribution >= 0.6 is 0 Å². The van der Waals surface area contributed by atoms with E-state index in [2.05, 4.69) is 80.4 Å². The predicted octanol–water partition coefficient (Wildman–Crippen LogP) is 12.3. The van der Waals surface area contributed by atoms with E-state index < -0.39 is 12.2 Å². The van der Waals surface area contributed by atoms with Crippen molar-refractivity contribution < 1.29 is 28.0 Å². The van der Waals surface area contributed by atoms with Crippen molar-refractivity contribution in [2.45, 2.75) is 206 Å². The van der Waals surface area contributed by atoms with E-state index in [1.807, 2.05) is 0 Å². The summed E-state index contributed by atoms with van der Waals surface area (Å²) >= 11 is 0. The molecule has 2 atom stereocenters. The number of quaternary nitrogens is 2. The van der Waals surface area contributed by atoms with Crippen LogP contribution in [0.1, 0.15) is 194 Å². The molecule has 52 heavy (non-hydrogen) atoms. The lowest BCUT2D eigenvalue weighted by atomic mass is 10.1. The normalized spacial score (nSPS) is 13.6. The van der Waals surface area contributed by atoms with Gasteiger partial charge < -0.3 is 18.4 Å². The highest BCUT2D eigenvalue weighted by Crippen LogP contribution is 2.17. The molecule has 0 saturated heterocycles. The Hall–Kier alpha value is -1.66. The molecule has 0 bridgehead atoms. The maximum absolute atomic E-state index is 13.1. The van der Waals surface area contributed by atoms with Gasteiger partial charge in [-0.15, -0.1) is 0 Å². The zero-order valence-corrected chi connectivity index (χ0v) is 36.2. The third-order valence-corrected chi connectivity index (χ3v) is 9.72. The standard InChI is InChI=1S/C46H90N2O4/c1-9-11-13-15-17-19-21-23-25-27-29-31-33-35-37-39-45(49)51-43(41-47(3,4)5)44(42-48(6,7)8)52-46(50)40-38-36-34-32-30-28-26-24-22-20-18-16-14-12-10-2/h23-26,43-44H,9-22,27-42H2,1-8H3/q+2/b25-23-,26-24-. The van der Waals surface area contributed by atoms with Gasteiger partial charge in [0.15, 0.2) is 12.2 Å². The lowest BCUT2D eigenvalue weighted by molar-refractivity contribution is -0.882. The monoisotopic (exact) mass is 735 g/mol. The molecular weight excluding hydrogens is 645 g/mol. The fraction of sp³-hybridized carbons (Fsp3) is 0.870. The lowest BCUT2D eigenvalue weighted by Gasteiger charge is -2.36. The zero-order chi connectivity index (χ0) is 38.8. The molecule has 0 aromatic rings. The van der Waals surface area contributed by atoms with E-state index in [1.165, 1.54) is 116 Å². The van der Waals surface area contributed by atoms with Crippen LogP contribution < -0.4 is 0 Å². The summed E-state index contributed by atoms with van der Waals surface area (Å²) in [7, 11) is 12.6. The number of hydrogen-bond donors (Lipinski definition) is 0. The Balaban J connectivity index is 4.49. The summed E-state index contributed by atoms with van der Waals surface area (Å²) in [4.78, 5) is 26.1. The maximum Gasteiger partial charge on any atom is 0.306 e. The molecule has 0 fully saturated rings. The molecule has 2 unspecified atom stereocenters. The van der Waals surface area contributed by atoms with Gasteiger partial charge in [0.25, 0.3) is 0 Å². The van der Waals surface area contributed by atoms with Crippen molar-refractivity contribution in [2.24, 2.45) is 0 Å². The Kier molecular flexibility index (Phi) is 32.8. The summed E-state index contributed by atoms with van der Waals surface area (Å²) in [5.41, 5.74) is 0. The van der Waals surface area contributed by atoms with E-state index in [9.17, 15) is 9.59 Å². The molecule has 0 amide bonds. The number of allylic oxidation sites excluding steroid dienone is 4. The number of carbonyl (C=O) groups is 2. The lowest BCUT2D eigenvalue weighted by Crippen LogP contribution is -2.54. The molecule has 6 nitrogen and oxygen atoms in total.